The maximum absolute atomic E-state index is 10.1. The van der Waals surface area contributed by atoms with Crippen LogP contribution in [0.3, 0.4) is 0 Å². The van der Waals surface area contributed by atoms with E-state index < -0.39 is 0 Å². The number of hydrogen-bond donors (Lipinski definition) is 1. The summed E-state index contributed by atoms with van der Waals surface area (Å²) in [6.45, 7) is 6.82. The minimum absolute atomic E-state index is 0.0689. The van der Waals surface area contributed by atoms with Gasteiger partial charge in [-0.05, 0) is 0 Å². The van der Waals surface area contributed by atoms with Gasteiger partial charge in [-0.25, -0.2) is 0 Å². The van der Waals surface area contributed by atoms with Crippen LogP contribution in [0.5, 0.6) is 5.75 Å². The third-order valence-electron chi connectivity index (χ3n) is 5.09. The van der Waals surface area contributed by atoms with Crippen molar-refractivity contribution in [1.82, 2.24) is 9.55 Å². The summed E-state index contributed by atoms with van der Waals surface area (Å²) in [5.41, 5.74) is 4.68. The minimum atomic E-state index is -0.296. The Labute approximate surface area is 167 Å². The molecule has 3 nitrogen and oxygen atoms in total. The first-order valence-corrected chi connectivity index (χ1v) is 11.6. The van der Waals surface area contributed by atoms with E-state index in [2.05, 4.69) is 65.8 Å². The number of rotatable bonds is 1. The van der Waals surface area contributed by atoms with Crippen LogP contribution < -0.4 is 0 Å². The van der Waals surface area contributed by atoms with E-state index >= 15 is 0 Å². The topological polar surface area (TPSA) is 38.0 Å². The van der Waals surface area contributed by atoms with Gasteiger partial charge >= 0.3 is 168 Å². The predicted octanol–water partition coefficient (Wildman–Crippen LogP) is 5.39. The van der Waals surface area contributed by atoms with Crippen LogP contribution in [-0.4, -0.2) is 35.1 Å². The summed E-state index contributed by atoms with van der Waals surface area (Å²) in [5.74, 6) is 1.20. The summed E-state index contributed by atoms with van der Waals surface area (Å²) in [6.07, 6.45) is 0. The Hall–Kier alpha value is -2.28. The maximum atomic E-state index is 10.1. The number of aromatic hydroxyl groups is 1. The zero-order valence-electron chi connectivity index (χ0n) is 15.5. The fraction of sp³-hybridized carbons (Fsp3) is 0.174. The van der Waals surface area contributed by atoms with Crippen molar-refractivity contribution in [3.63, 3.8) is 0 Å². The molecule has 1 N–H and O–H groups in total. The molecule has 0 saturated carbocycles. The van der Waals surface area contributed by atoms with Gasteiger partial charge in [0.2, 0.25) is 0 Å². The second-order valence-electron chi connectivity index (χ2n) is 7.97. The Morgan fingerprint density at radius 3 is 2.52 bits per heavy atom. The molecule has 3 heterocycles. The molecule has 0 radical (unpaired) electrons. The van der Waals surface area contributed by atoms with E-state index in [0.717, 1.165) is 27.8 Å². The van der Waals surface area contributed by atoms with Gasteiger partial charge in [0.15, 0.2) is 0 Å². The Bertz CT molecular complexity index is 1320. The van der Waals surface area contributed by atoms with E-state index in [4.69, 9.17) is 4.98 Å². The quantitative estimate of drug-likeness (QED) is 0.335. The molecule has 5 rings (SSSR count). The number of benzene rings is 2. The van der Waals surface area contributed by atoms with E-state index in [-0.39, 0.29) is 31.6 Å². The van der Waals surface area contributed by atoms with E-state index in [1.165, 1.54) is 14.4 Å². The molecule has 0 aliphatic rings. The number of fused-ring (bicyclic) bond motifs is 4. The van der Waals surface area contributed by atoms with Crippen molar-refractivity contribution < 1.29 is 5.11 Å². The molecule has 2 aromatic carbocycles. The third-order valence-corrected chi connectivity index (χ3v) is 7.77. The molecule has 0 atom stereocenters. The van der Waals surface area contributed by atoms with Crippen LogP contribution in [-0.2, 0) is 5.41 Å². The van der Waals surface area contributed by atoms with Crippen LogP contribution in [0.4, 0.5) is 0 Å². The number of aromatic nitrogens is 2. The first-order chi connectivity index (χ1) is 12.9. The van der Waals surface area contributed by atoms with Crippen molar-refractivity contribution in [3.8, 4) is 11.6 Å². The molecule has 0 unspecified atom stereocenters. The van der Waals surface area contributed by atoms with E-state index in [9.17, 15) is 5.11 Å². The molecule has 0 saturated heterocycles. The van der Waals surface area contributed by atoms with Gasteiger partial charge in [-0.1, -0.05) is 0 Å². The van der Waals surface area contributed by atoms with Crippen LogP contribution in [0.15, 0.2) is 58.7 Å². The Kier molecular flexibility index (Phi) is 3.66. The second-order valence-corrected chi connectivity index (χ2v) is 10.6. The third kappa shape index (κ3) is 2.59. The average molecular weight is 468 g/mol. The van der Waals surface area contributed by atoms with Crippen molar-refractivity contribution in [1.29, 1.82) is 0 Å². The predicted molar refractivity (Wildman–Crippen MR) is 113 cm³/mol. The zero-order valence-corrected chi connectivity index (χ0v) is 17.9. The molecule has 3 aromatic heterocycles. The normalized spacial score (nSPS) is 12.4. The van der Waals surface area contributed by atoms with Crippen LogP contribution in [0.2, 0.25) is 0 Å². The summed E-state index contributed by atoms with van der Waals surface area (Å²) < 4.78 is 5.96. The molecule has 0 aliphatic carbocycles. The summed E-state index contributed by atoms with van der Waals surface area (Å²) in [6, 6.07) is 18.4. The molecule has 134 valence electrons. The number of pyridine rings is 1. The standard InChI is InChI=1S/C23H20N2OTe/c1-23(2,3)17-13-21(24-18-10-11-27-22(17)18)25-19-7-5-4-6-15(19)16-9-8-14(26)12-20(16)25/h4-13,26H,1-3H3. The van der Waals surface area contributed by atoms with Crippen LogP contribution >= 0.6 is 0 Å². The molecule has 0 aliphatic heterocycles. The summed E-state index contributed by atoms with van der Waals surface area (Å²) in [5, 5.41) is 12.4. The van der Waals surface area contributed by atoms with Gasteiger partial charge in [0.25, 0.3) is 0 Å². The molecule has 5 aromatic rings. The van der Waals surface area contributed by atoms with Crippen molar-refractivity contribution in [2.75, 3.05) is 0 Å². The number of para-hydroxylation sites is 1. The van der Waals surface area contributed by atoms with Crippen LogP contribution in [0.25, 0.3) is 36.5 Å². The first kappa shape index (κ1) is 16.9. The van der Waals surface area contributed by atoms with Gasteiger partial charge in [-0.15, -0.1) is 0 Å². The average Bonchev–Trinajstić information content (AvgIpc) is 3.21. The van der Waals surface area contributed by atoms with E-state index in [0.29, 0.717) is 0 Å². The molecule has 0 fully saturated rings. The second kappa shape index (κ2) is 5.86. The Morgan fingerprint density at radius 2 is 1.70 bits per heavy atom. The number of hydrogen-bond acceptors (Lipinski definition) is 2. The van der Waals surface area contributed by atoms with Crippen molar-refractivity contribution in [2.45, 2.75) is 26.2 Å². The Balaban J connectivity index is 1.95. The molecule has 0 spiro atoms. The molecule has 0 bridgehead atoms. The fourth-order valence-electron chi connectivity index (χ4n) is 3.82. The van der Waals surface area contributed by atoms with Gasteiger partial charge in [0.05, 0.1) is 0 Å². The Morgan fingerprint density at radius 1 is 0.926 bits per heavy atom. The van der Waals surface area contributed by atoms with Crippen molar-refractivity contribution >= 4 is 51.2 Å². The van der Waals surface area contributed by atoms with E-state index in [1.54, 1.807) is 6.07 Å². The first-order valence-electron chi connectivity index (χ1n) is 9.05. The number of nitrogens with zero attached hydrogens (tertiary/aromatic N) is 2. The fourth-order valence-corrected chi connectivity index (χ4v) is 6.84. The van der Waals surface area contributed by atoms with Crippen LogP contribution in [0.1, 0.15) is 26.3 Å². The molecule has 4 heteroatoms. The molecule has 27 heavy (non-hydrogen) atoms. The number of phenolic OH excluding ortho intramolecular Hbond substituents is 1. The van der Waals surface area contributed by atoms with Crippen molar-refractivity contribution in [2.24, 2.45) is 0 Å². The monoisotopic (exact) mass is 470 g/mol. The summed E-state index contributed by atoms with van der Waals surface area (Å²) in [7, 11) is 0. The summed E-state index contributed by atoms with van der Waals surface area (Å²) in [4.78, 5) is 5.03. The molecule has 0 amide bonds. The zero-order chi connectivity index (χ0) is 18.8. The van der Waals surface area contributed by atoms with E-state index in [1.807, 2.05) is 12.1 Å². The van der Waals surface area contributed by atoms with Gasteiger partial charge in [0.1, 0.15) is 0 Å². The van der Waals surface area contributed by atoms with Crippen molar-refractivity contribution in [3.05, 3.63) is 64.2 Å². The SMILES string of the molecule is CC(C)(C)c1cc(-n2c3ccccc3c3ccc(O)cc32)nc2cc[te]c12. The van der Waals surface area contributed by atoms with Gasteiger partial charge in [-0.2, -0.15) is 0 Å². The van der Waals surface area contributed by atoms with Gasteiger partial charge in [-0.3, -0.25) is 0 Å². The summed E-state index contributed by atoms with van der Waals surface area (Å²) >= 11 is -0.296. The van der Waals surface area contributed by atoms with Gasteiger partial charge < -0.3 is 0 Å². The molecular formula is C23H20N2OTe. The number of phenols is 1. The van der Waals surface area contributed by atoms with Gasteiger partial charge in [0, 0.05) is 0 Å². The molecular weight excluding hydrogens is 448 g/mol. The van der Waals surface area contributed by atoms with Crippen LogP contribution in [0, 0.1) is 0 Å².